The Balaban J connectivity index is 1.98. The van der Waals surface area contributed by atoms with Crippen molar-refractivity contribution in [2.75, 3.05) is 24.3 Å². The SMILES string of the molecule is CC(=O)Nc1cccc(C(=O)N/N=C\c2ccc(N(C)C)o2)c1. The maximum absolute atomic E-state index is 12.0. The molecule has 0 aliphatic carbocycles. The van der Waals surface area contributed by atoms with Crippen LogP contribution in [-0.2, 0) is 4.79 Å². The number of nitrogens with zero attached hydrogens (tertiary/aromatic N) is 2. The molecule has 2 aromatic rings. The first-order valence-electron chi connectivity index (χ1n) is 6.94. The van der Waals surface area contributed by atoms with Crippen LogP contribution < -0.4 is 15.6 Å². The van der Waals surface area contributed by atoms with Gasteiger partial charge < -0.3 is 14.6 Å². The Kier molecular flexibility index (Phi) is 5.14. The van der Waals surface area contributed by atoms with Crippen LogP contribution in [0.3, 0.4) is 0 Å². The number of amides is 2. The molecule has 0 spiro atoms. The number of hydrogen-bond acceptors (Lipinski definition) is 5. The summed E-state index contributed by atoms with van der Waals surface area (Å²) in [4.78, 5) is 24.9. The molecule has 23 heavy (non-hydrogen) atoms. The normalized spacial score (nSPS) is 10.6. The third-order valence-electron chi connectivity index (χ3n) is 2.86. The average molecular weight is 314 g/mol. The lowest BCUT2D eigenvalue weighted by molar-refractivity contribution is -0.114. The molecule has 1 heterocycles. The molecular formula is C16H18N4O3. The Morgan fingerprint density at radius 3 is 2.65 bits per heavy atom. The number of carbonyl (C=O) groups is 2. The van der Waals surface area contributed by atoms with E-state index >= 15 is 0 Å². The third kappa shape index (κ3) is 4.70. The predicted octanol–water partition coefficient (Wildman–Crippen LogP) is 2.07. The number of furan rings is 1. The van der Waals surface area contributed by atoms with E-state index in [2.05, 4.69) is 15.8 Å². The van der Waals surface area contributed by atoms with E-state index < -0.39 is 0 Å². The summed E-state index contributed by atoms with van der Waals surface area (Å²) >= 11 is 0. The first-order chi connectivity index (χ1) is 11.0. The van der Waals surface area contributed by atoms with Gasteiger partial charge in [-0.3, -0.25) is 9.59 Å². The number of rotatable bonds is 5. The van der Waals surface area contributed by atoms with Gasteiger partial charge in [-0.15, -0.1) is 0 Å². The molecule has 2 N–H and O–H groups in total. The second-order valence-electron chi connectivity index (χ2n) is 5.03. The van der Waals surface area contributed by atoms with E-state index in [1.165, 1.54) is 13.1 Å². The van der Waals surface area contributed by atoms with E-state index in [1.807, 2.05) is 19.0 Å². The van der Waals surface area contributed by atoms with Crippen molar-refractivity contribution in [2.45, 2.75) is 6.92 Å². The quantitative estimate of drug-likeness (QED) is 0.653. The smallest absolute Gasteiger partial charge is 0.271 e. The zero-order chi connectivity index (χ0) is 16.8. The molecule has 0 bridgehead atoms. The van der Waals surface area contributed by atoms with Gasteiger partial charge in [0.1, 0.15) is 5.76 Å². The van der Waals surface area contributed by atoms with Crippen LogP contribution in [0, 0.1) is 0 Å². The minimum atomic E-state index is -0.382. The Morgan fingerprint density at radius 1 is 1.22 bits per heavy atom. The van der Waals surface area contributed by atoms with Crippen molar-refractivity contribution in [1.82, 2.24) is 5.43 Å². The second kappa shape index (κ2) is 7.26. The molecule has 2 amide bonds. The summed E-state index contributed by atoms with van der Waals surface area (Å²) in [6, 6.07) is 10.1. The Bertz CT molecular complexity index is 734. The van der Waals surface area contributed by atoms with E-state index in [0.29, 0.717) is 22.9 Å². The van der Waals surface area contributed by atoms with Gasteiger partial charge in [-0.25, -0.2) is 5.43 Å². The van der Waals surface area contributed by atoms with Crippen LogP contribution in [0.1, 0.15) is 23.0 Å². The van der Waals surface area contributed by atoms with Crippen LogP contribution >= 0.6 is 0 Å². The molecule has 1 aromatic heterocycles. The lowest BCUT2D eigenvalue weighted by Gasteiger charge is -2.05. The minimum Gasteiger partial charge on any atom is -0.440 e. The summed E-state index contributed by atoms with van der Waals surface area (Å²) in [7, 11) is 3.73. The van der Waals surface area contributed by atoms with Crippen molar-refractivity contribution in [3.63, 3.8) is 0 Å². The Hall–Kier alpha value is -3.09. The Morgan fingerprint density at radius 2 is 2.00 bits per heavy atom. The van der Waals surface area contributed by atoms with Crippen molar-refractivity contribution in [3.8, 4) is 0 Å². The first kappa shape index (κ1) is 16.3. The molecular weight excluding hydrogens is 296 g/mol. The fourth-order valence-corrected chi connectivity index (χ4v) is 1.81. The molecule has 0 aliphatic heterocycles. The number of anilines is 2. The fraction of sp³-hybridized carbons (Fsp3) is 0.188. The lowest BCUT2D eigenvalue weighted by Crippen LogP contribution is -2.18. The molecule has 0 atom stereocenters. The predicted molar refractivity (Wildman–Crippen MR) is 88.8 cm³/mol. The van der Waals surface area contributed by atoms with Crippen molar-refractivity contribution in [3.05, 3.63) is 47.7 Å². The zero-order valence-corrected chi connectivity index (χ0v) is 13.2. The molecule has 120 valence electrons. The summed E-state index contributed by atoms with van der Waals surface area (Å²) in [6.45, 7) is 1.41. The molecule has 0 saturated carbocycles. The zero-order valence-electron chi connectivity index (χ0n) is 13.2. The summed E-state index contributed by atoms with van der Waals surface area (Å²) in [6.07, 6.45) is 1.42. The topological polar surface area (TPSA) is 86.9 Å². The van der Waals surface area contributed by atoms with Crippen LogP contribution in [0.15, 0.2) is 45.9 Å². The highest BCUT2D eigenvalue weighted by atomic mass is 16.4. The maximum atomic E-state index is 12.0. The number of benzene rings is 1. The van der Waals surface area contributed by atoms with Gasteiger partial charge in [0, 0.05) is 38.3 Å². The lowest BCUT2D eigenvalue weighted by atomic mass is 10.2. The average Bonchev–Trinajstić information content (AvgIpc) is 2.96. The third-order valence-corrected chi connectivity index (χ3v) is 2.86. The standard InChI is InChI=1S/C16H18N4O3/c1-11(21)18-13-6-4-5-12(9-13)16(22)19-17-10-14-7-8-15(23-14)20(2)3/h4-10H,1-3H3,(H,18,21)(H,19,22)/b17-10-. The Labute approximate surface area is 134 Å². The van der Waals surface area contributed by atoms with Gasteiger partial charge in [0.05, 0.1) is 6.21 Å². The number of hydrogen-bond donors (Lipinski definition) is 2. The number of hydrazone groups is 1. The fourth-order valence-electron chi connectivity index (χ4n) is 1.81. The van der Waals surface area contributed by atoms with E-state index in [9.17, 15) is 9.59 Å². The van der Waals surface area contributed by atoms with Crippen LogP contribution in [0.2, 0.25) is 0 Å². The van der Waals surface area contributed by atoms with E-state index in [-0.39, 0.29) is 11.8 Å². The first-order valence-corrected chi connectivity index (χ1v) is 6.94. The molecule has 0 radical (unpaired) electrons. The molecule has 1 aromatic carbocycles. The van der Waals surface area contributed by atoms with Crippen LogP contribution in [-0.4, -0.2) is 32.1 Å². The van der Waals surface area contributed by atoms with Crippen LogP contribution in [0.25, 0.3) is 0 Å². The minimum absolute atomic E-state index is 0.199. The van der Waals surface area contributed by atoms with Crippen LogP contribution in [0.4, 0.5) is 11.6 Å². The number of carbonyl (C=O) groups excluding carboxylic acids is 2. The van der Waals surface area contributed by atoms with Gasteiger partial charge in [-0.1, -0.05) is 6.07 Å². The molecule has 0 fully saturated rings. The molecule has 7 heteroatoms. The van der Waals surface area contributed by atoms with Gasteiger partial charge in [-0.05, 0) is 24.3 Å². The van der Waals surface area contributed by atoms with Gasteiger partial charge in [0.25, 0.3) is 5.91 Å². The molecule has 7 nitrogen and oxygen atoms in total. The monoisotopic (exact) mass is 314 g/mol. The summed E-state index contributed by atoms with van der Waals surface area (Å²) < 4.78 is 5.47. The van der Waals surface area contributed by atoms with Gasteiger partial charge in [0.2, 0.25) is 5.91 Å². The van der Waals surface area contributed by atoms with Gasteiger partial charge >= 0.3 is 0 Å². The maximum Gasteiger partial charge on any atom is 0.271 e. The second-order valence-corrected chi connectivity index (χ2v) is 5.03. The van der Waals surface area contributed by atoms with E-state index in [4.69, 9.17) is 4.42 Å². The van der Waals surface area contributed by atoms with Gasteiger partial charge in [0.15, 0.2) is 5.88 Å². The van der Waals surface area contributed by atoms with Crippen LogP contribution in [0.5, 0.6) is 0 Å². The van der Waals surface area contributed by atoms with Crippen molar-refractivity contribution in [2.24, 2.45) is 5.10 Å². The highest BCUT2D eigenvalue weighted by Gasteiger charge is 2.06. The molecule has 2 rings (SSSR count). The van der Waals surface area contributed by atoms with Crippen molar-refractivity contribution in [1.29, 1.82) is 0 Å². The van der Waals surface area contributed by atoms with Gasteiger partial charge in [-0.2, -0.15) is 5.10 Å². The highest BCUT2D eigenvalue weighted by molar-refractivity contribution is 5.97. The summed E-state index contributed by atoms with van der Waals surface area (Å²) in [5.41, 5.74) is 3.35. The van der Waals surface area contributed by atoms with E-state index in [0.717, 1.165) is 0 Å². The largest absolute Gasteiger partial charge is 0.440 e. The molecule has 0 saturated heterocycles. The van der Waals surface area contributed by atoms with Crippen molar-refractivity contribution >= 4 is 29.6 Å². The number of nitrogens with one attached hydrogen (secondary N) is 2. The van der Waals surface area contributed by atoms with Crippen molar-refractivity contribution < 1.29 is 14.0 Å². The van der Waals surface area contributed by atoms with E-state index in [1.54, 1.807) is 36.4 Å². The summed E-state index contributed by atoms with van der Waals surface area (Å²) in [5.74, 6) is 0.643. The molecule has 0 aliphatic rings. The summed E-state index contributed by atoms with van der Waals surface area (Å²) in [5, 5.41) is 6.48. The molecule has 0 unspecified atom stereocenters. The highest BCUT2D eigenvalue weighted by Crippen LogP contribution is 2.14.